The molecule has 0 fully saturated rings. The average molecular weight is 583 g/mol. The highest BCUT2D eigenvalue weighted by Crippen LogP contribution is 2.15. The summed E-state index contributed by atoms with van der Waals surface area (Å²) < 4.78 is 12.2. The van der Waals surface area contributed by atoms with E-state index in [1.807, 2.05) is 0 Å². The smallest absolute Gasteiger partial charge is 0.306 e. The van der Waals surface area contributed by atoms with Crippen LogP contribution in [0.1, 0.15) is 181 Å². The van der Waals surface area contributed by atoms with Crippen LogP contribution in [0.3, 0.4) is 0 Å². The second-order valence-electron chi connectivity index (χ2n) is 13.2. The molecular formula is C36H72NO4+. The molecule has 0 aliphatic carbocycles. The van der Waals surface area contributed by atoms with Gasteiger partial charge in [0.2, 0.25) is 0 Å². The van der Waals surface area contributed by atoms with Crippen molar-refractivity contribution in [3.05, 3.63) is 0 Å². The molecule has 0 aromatic carbocycles. The normalized spacial score (nSPS) is 12.4. The van der Waals surface area contributed by atoms with Crippen molar-refractivity contribution >= 4 is 11.9 Å². The molecule has 0 rings (SSSR count). The van der Waals surface area contributed by atoms with E-state index in [9.17, 15) is 9.59 Å². The van der Waals surface area contributed by atoms with Crippen molar-refractivity contribution in [1.82, 2.24) is 0 Å². The van der Waals surface area contributed by atoms with Crippen molar-refractivity contribution in [2.75, 3.05) is 33.8 Å². The van der Waals surface area contributed by atoms with E-state index in [2.05, 4.69) is 34.9 Å². The first kappa shape index (κ1) is 39.9. The zero-order valence-corrected chi connectivity index (χ0v) is 28.5. The van der Waals surface area contributed by atoms with Crippen LogP contribution in [0.5, 0.6) is 0 Å². The number of carbonyl (C=O) groups is 2. The van der Waals surface area contributed by atoms with Crippen molar-refractivity contribution in [2.45, 2.75) is 187 Å². The first-order valence-corrected chi connectivity index (χ1v) is 18.0. The van der Waals surface area contributed by atoms with Gasteiger partial charge in [-0.15, -0.1) is 0 Å². The molecule has 244 valence electrons. The maximum absolute atomic E-state index is 12.6. The molecule has 0 heterocycles. The van der Waals surface area contributed by atoms with Crippen LogP contribution in [-0.2, 0) is 19.1 Å². The highest BCUT2D eigenvalue weighted by molar-refractivity contribution is 5.70. The Labute approximate surface area is 256 Å². The summed E-state index contributed by atoms with van der Waals surface area (Å²) in [4.78, 5) is 25.0. The van der Waals surface area contributed by atoms with E-state index in [-0.39, 0.29) is 24.6 Å². The van der Waals surface area contributed by atoms with E-state index in [0.29, 0.717) is 19.4 Å². The van der Waals surface area contributed by atoms with Gasteiger partial charge in [-0.2, -0.15) is 0 Å². The first-order chi connectivity index (χ1) is 19.8. The third-order valence-corrected chi connectivity index (χ3v) is 8.22. The molecule has 0 spiro atoms. The van der Waals surface area contributed by atoms with Gasteiger partial charge in [0.05, 0.1) is 20.6 Å². The number of esters is 2. The molecule has 0 aromatic rings. The summed E-state index contributed by atoms with van der Waals surface area (Å²) in [7, 11) is 4.31. The monoisotopic (exact) mass is 583 g/mol. The van der Waals surface area contributed by atoms with Gasteiger partial charge in [-0.25, -0.2) is 0 Å². The lowest BCUT2D eigenvalue weighted by Gasteiger charge is -2.32. The van der Waals surface area contributed by atoms with Crippen molar-refractivity contribution in [1.29, 1.82) is 0 Å². The quantitative estimate of drug-likeness (QED) is 0.0463. The minimum atomic E-state index is -0.377. The summed E-state index contributed by atoms with van der Waals surface area (Å²) in [6.45, 7) is 8.53. The summed E-state index contributed by atoms with van der Waals surface area (Å²) in [6, 6.07) is 0. The molecule has 0 amide bonds. The van der Waals surface area contributed by atoms with Crippen molar-refractivity contribution in [2.24, 2.45) is 0 Å². The lowest BCUT2D eigenvalue weighted by atomic mass is 10.1. The highest BCUT2D eigenvalue weighted by atomic mass is 16.6. The molecular weight excluding hydrogens is 510 g/mol. The van der Waals surface area contributed by atoms with Gasteiger partial charge < -0.3 is 14.0 Å². The van der Waals surface area contributed by atoms with Gasteiger partial charge in [-0.05, 0) is 19.3 Å². The highest BCUT2D eigenvalue weighted by Gasteiger charge is 2.26. The molecule has 0 aliphatic heterocycles. The van der Waals surface area contributed by atoms with E-state index in [4.69, 9.17) is 9.47 Å². The minimum absolute atomic E-state index is 0.149. The molecule has 5 nitrogen and oxygen atoms in total. The topological polar surface area (TPSA) is 52.6 Å². The van der Waals surface area contributed by atoms with Crippen LogP contribution in [0.25, 0.3) is 0 Å². The van der Waals surface area contributed by atoms with E-state index in [1.54, 1.807) is 0 Å². The van der Waals surface area contributed by atoms with E-state index >= 15 is 0 Å². The fourth-order valence-electron chi connectivity index (χ4n) is 5.74. The number of hydrogen-bond acceptors (Lipinski definition) is 4. The zero-order chi connectivity index (χ0) is 30.4. The fourth-order valence-corrected chi connectivity index (χ4v) is 5.74. The van der Waals surface area contributed by atoms with Crippen LogP contribution in [0.2, 0.25) is 0 Å². The summed E-state index contributed by atoms with van der Waals surface area (Å²) in [5.41, 5.74) is 0. The third kappa shape index (κ3) is 28.8. The second-order valence-corrected chi connectivity index (χ2v) is 13.2. The van der Waals surface area contributed by atoms with E-state index in [0.717, 1.165) is 43.1 Å². The predicted molar refractivity (Wildman–Crippen MR) is 175 cm³/mol. The lowest BCUT2D eigenvalue weighted by molar-refractivity contribution is -0.893. The van der Waals surface area contributed by atoms with Crippen molar-refractivity contribution < 1.29 is 23.5 Å². The van der Waals surface area contributed by atoms with Crippen LogP contribution in [0.4, 0.5) is 0 Å². The van der Waals surface area contributed by atoms with Gasteiger partial charge in [-0.1, -0.05) is 149 Å². The fraction of sp³-hybridized carbons (Fsp3) is 0.944. The van der Waals surface area contributed by atoms with Crippen molar-refractivity contribution in [3.63, 3.8) is 0 Å². The number of rotatable bonds is 31. The van der Waals surface area contributed by atoms with E-state index in [1.165, 1.54) is 116 Å². The standard InChI is InChI=1S/C36H72NO4/c1-6-9-11-13-15-17-19-21-23-25-27-29-35(38)40-33-34(32-37(4,5)31-8-3)41-36(39)30-28-26-24-22-20-18-16-14-12-10-7-2/h34H,6-33H2,1-5H3/q+1. The van der Waals surface area contributed by atoms with Gasteiger partial charge in [0.1, 0.15) is 13.2 Å². The van der Waals surface area contributed by atoms with Gasteiger partial charge in [0.15, 0.2) is 6.10 Å². The molecule has 1 unspecified atom stereocenters. The molecule has 5 heteroatoms. The maximum atomic E-state index is 12.6. The van der Waals surface area contributed by atoms with Crippen LogP contribution < -0.4 is 0 Å². The van der Waals surface area contributed by atoms with Crippen molar-refractivity contribution in [3.8, 4) is 0 Å². The predicted octanol–water partition coefficient (Wildman–Crippen LogP) is 10.3. The van der Waals surface area contributed by atoms with Crippen LogP contribution in [-0.4, -0.2) is 56.3 Å². The number of hydrogen-bond donors (Lipinski definition) is 0. The number of unbranched alkanes of at least 4 members (excludes halogenated alkanes) is 20. The van der Waals surface area contributed by atoms with Crippen LogP contribution in [0.15, 0.2) is 0 Å². The largest absolute Gasteiger partial charge is 0.461 e. The first-order valence-electron chi connectivity index (χ1n) is 18.0. The van der Waals surface area contributed by atoms with Gasteiger partial charge in [0.25, 0.3) is 0 Å². The average Bonchev–Trinajstić information content (AvgIpc) is 2.93. The second kappa shape index (κ2) is 29.0. The molecule has 0 radical (unpaired) electrons. The van der Waals surface area contributed by atoms with Gasteiger partial charge in [0, 0.05) is 12.8 Å². The molecule has 0 N–H and O–H groups in total. The molecule has 0 bridgehead atoms. The number of carbonyl (C=O) groups excluding carboxylic acids is 2. The Bertz CT molecular complexity index is 592. The molecule has 0 aromatic heterocycles. The Morgan fingerprint density at radius 1 is 0.512 bits per heavy atom. The maximum Gasteiger partial charge on any atom is 0.306 e. The Hall–Kier alpha value is -1.10. The molecule has 0 saturated carbocycles. The lowest BCUT2D eigenvalue weighted by Crippen LogP contribution is -2.48. The Kier molecular flexibility index (Phi) is 28.2. The van der Waals surface area contributed by atoms with Gasteiger partial charge >= 0.3 is 11.9 Å². The summed E-state index contributed by atoms with van der Waals surface area (Å²) in [5.74, 6) is -0.308. The third-order valence-electron chi connectivity index (χ3n) is 8.22. The molecule has 0 aliphatic rings. The summed E-state index contributed by atoms with van der Waals surface area (Å²) >= 11 is 0. The zero-order valence-electron chi connectivity index (χ0n) is 28.5. The summed E-state index contributed by atoms with van der Waals surface area (Å²) in [6.07, 6.45) is 29.4. The van der Waals surface area contributed by atoms with Crippen LogP contribution in [0, 0.1) is 0 Å². The molecule has 0 saturated heterocycles. The SMILES string of the molecule is CCCCCCCCCCCCCC(=O)OCC(C[N+](C)(C)CCC)OC(=O)CCCCCCCCCCCCC. The minimum Gasteiger partial charge on any atom is -0.461 e. The molecule has 1 atom stereocenters. The van der Waals surface area contributed by atoms with Gasteiger partial charge in [-0.3, -0.25) is 9.59 Å². The number of likely N-dealkylation sites (N-methyl/N-ethyl adjacent to an activating group) is 1. The van der Waals surface area contributed by atoms with E-state index < -0.39 is 0 Å². The number of quaternary nitrogens is 1. The Balaban J connectivity index is 4.13. The Morgan fingerprint density at radius 3 is 1.27 bits per heavy atom. The number of ether oxygens (including phenoxy) is 2. The molecule has 41 heavy (non-hydrogen) atoms. The number of nitrogens with zero attached hydrogens (tertiary/aromatic N) is 1. The van der Waals surface area contributed by atoms with Crippen LogP contribution >= 0.6 is 0 Å². The summed E-state index contributed by atoms with van der Waals surface area (Å²) in [5, 5.41) is 0. The Morgan fingerprint density at radius 2 is 0.878 bits per heavy atom.